The quantitative estimate of drug-likeness (QED) is 0.377. The molecule has 1 heterocycles. The topological polar surface area (TPSA) is 116 Å². The average molecular weight is 222 g/mol. The van der Waals surface area contributed by atoms with Crippen LogP contribution in [0.1, 0.15) is 6.92 Å². The molecule has 4 N–H and O–H groups in total. The summed E-state index contributed by atoms with van der Waals surface area (Å²) in [5.41, 5.74) is 0. The van der Waals surface area contributed by atoms with Crippen LogP contribution in [0.2, 0.25) is 0 Å². The van der Waals surface area contributed by atoms with E-state index in [1.165, 1.54) is 0 Å². The van der Waals surface area contributed by atoms with Crippen LogP contribution in [-0.4, -0.2) is 63.7 Å². The van der Waals surface area contributed by atoms with E-state index in [1.54, 1.807) is 0 Å². The largest absolute Gasteiger partial charge is 0.433 e. The first kappa shape index (κ1) is 12.3. The van der Waals surface area contributed by atoms with Gasteiger partial charge in [-0.2, -0.15) is 0 Å². The van der Waals surface area contributed by atoms with E-state index in [0.717, 1.165) is 6.92 Å². The maximum absolute atomic E-state index is 10.6. The lowest BCUT2D eigenvalue weighted by atomic mass is 9.99. The Balaban J connectivity index is 2.69. The Hall–Kier alpha value is -0.730. The number of ether oxygens (including phenoxy) is 2. The minimum Gasteiger partial charge on any atom is -0.433 e. The average Bonchev–Trinajstić information content (AvgIpc) is 2.18. The van der Waals surface area contributed by atoms with Crippen molar-refractivity contribution in [3.63, 3.8) is 0 Å². The molecular formula is C8H14O7. The molecule has 1 aliphatic rings. The molecule has 0 unspecified atom stereocenters. The lowest BCUT2D eigenvalue weighted by Crippen LogP contribution is -2.59. The van der Waals surface area contributed by atoms with E-state index in [0.29, 0.717) is 0 Å². The minimum absolute atomic E-state index is 0.553. The van der Waals surface area contributed by atoms with Crippen LogP contribution in [0.4, 0.5) is 0 Å². The van der Waals surface area contributed by atoms with Crippen molar-refractivity contribution in [3.05, 3.63) is 0 Å². The second-order valence-electron chi connectivity index (χ2n) is 3.31. The Bertz CT molecular complexity index is 229. The molecule has 1 saturated heterocycles. The molecule has 1 rings (SSSR count). The Kier molecular flexibility index (Phi) is 4.00. The van der Waals surface area contributed by atoms with Crippen LogP contribution >= 0.6 is 0 Å². The van der Waals surface area contributed by atoms with Crippen molar-refractivity contribution in [2.75, 3.05) is 6.61 Å². The normalized spacial score (nSPS) is 41.3. The Labute approximate surface area is 85.9 Å². The van der Waals surface area contributed by atoms with Gasteiger partial charge < -0.3 is 29.9 Å². The van der Waals surface area contributed by atoms with Gasteiger partial charge in [-0.3, -0.25) is 4.79 Å². The highest BCUT2D eigenvalue weighted by Crippen LogP contribution is 2.21. The number of rotatable bonds is 2. The van der Waals surface area contributed by atoms with Gasteiger partial charge >= 0.3 is 5.97 Å². The Morgan fingerprint density at radius 1 is 1.27 bits per heavy atom. The van der Waals surface area contributed by atoms with Crippen LogP contribution in [0.25, 0.3) is 0 Å². The summed E-state index contributed by atoms with van der Waals surface area (Å²) < 4.78 is 9.45. The third-order valence-electron chi connectivity index (χ3n) is 2.13. The lowest BCUT2D eigenvalue weighted by molar-refractivity contribution is -0.292. The summed E-state index contributed by atoms with van der Waals surface area (Å²) in [6, 6.07) is 0. The number of aliphatic hydroxyl groups is 4. The smallest absolute Gasteiger partial charge is 0.305 e. The van der Waals surface area contributed by atoms with Gasteiger partial charge in [0.2, 0.25) is 6.29 Å². The molecule has 0 bridgehead atoms. The molecule has 0 aromatic heterocycles. The van der Waals surface area contributed by atoms with E-state index in [9.17, 15) is 20.1 Å². The van der Waals surface area contributed by atoms with Crippen LogP contribution in [0, 0.1) is 0 Å². The van der Waals surface area contributed by atoms with E-state index in [2.05, 4.69) is 4.74 Å². The third-order valence-corrected chi connectivity index (χ3v) is 2.13. The molecular weight excluding hydrogens is 208 g/mol. The molecule has 15 heavy (non-hydrogen) atoms. The fourth-order valence-electron chi connectivity index (χ4n) is 1.33. The predicted molar refractivity (Wildman–Crippen MR) is 45.5 cm³/mol. The molecule has 5 atom stereocenters. The monoisotopic (exact) mass is 222 g/mol. The summed E-state index contributed by atoms with van der Waals surface area (Å²) >= 11 is 0. The SMILES string of the molecule is CC(=O)O[C@@H]1O[C@H](CO)[C@@H](O)[C@H](O)[C@@H]1O. The molecule has 0 aromatic carbocycles. The van der Waals surface area contributed by atoms with Crippen LogP contribution in [0.3, 0.4) is 0 Å². The van der Waals surface area contributed by atoms with Crippen molar-refractivity contribution in [2.45, 2.75) is 37.6 Å². The van der Waals surface area contributed by atoms with Gasteiger partial charge in [-0.05, 0) is 0 Å². The first-order valence-electron chi connectivity index (χ1n) is 4.45. The molecule has 7 nitrogen and oxygen atoms in total. The molecule has 1 fully saturated rings. The molecule has 88 valence electrons. The first-order valence-corrected chi connectivity index (χ1v) is 4.45. The number of esters is 1. The van der Waals surface area contributed by atoms with Crippen molar-refractivity contribution in [1.29, 1.82) is 0 Å². The number of hydrogen-bond acceptors (Lipinski definition) is 7. The maximum atomic E-state index is 10.6. The summed E-state index contributed by atoms with van der Waals surface area (Å²) in [6.07, 6.45) is -6.95. The summed E-state index contributed by atoms with van der Waals surface area (Å²) in [4.78, 5) is 10.6. The summed E-state index contributed by atoms with van der Waals surface area (Å²) in [5.74, 6) is -0.695. The summed E-state index contributed by atoms with van der Waals surface area (Å²) in [6.45, 7) is 0.560. The molecule has 0 radical (unpaired) electrons. The van der Waals surface area contributed by atoms with Crippen LogP contribution < -0.4 is 0 Å². The van der Waals surface area contributed by atoms with E-state index >= 15 is 0 Å². The number of aliphatic hydroxyl groups excluding tert-OH is 4. The van der Waals surface area contributed by atoms with Crippen LogP contribution in [-0.2, 0) is 14.3 Å². The van der Waals surface area contributed by atoms with Crippen LogP contribution in [0.15, 0.2) is 0 Å². The second kappa shape index (κ2) is 4.86. The maximum Gasteiger partial charge on any atom is 0.305 e. The fraction of sp³-hybridized carbons (Fsp3) is 0.875. The zero-order valence-corrected chi connectivity index (χ0v) is 8.11. The molecule has 0 amide bonds. The molecule has 0 aromatic rings. The minimum atomic E-state index is -1.54. The highest BCUT2D eigenvalue weighted by Gasteiger charge is 2.44. The Morgan fingerprint density at radius 3 is 2.33 bits per heavy atom. The number of hydrogen-bond donors (Lipinski definition) is 4. The molecule has 0 spiro atoms. The highest BCUT2D eigenvalue weighted by molar-refractivity contribution is 5.66. The second-order valence-corrected chi connectivity index (χ2v) is 3.31. The van der Waals surface area contributed by atoms with Gasteiger partial charge in [0, 0.05) is 6.92 Å². The standard InChI is InChI=1S/C8H14O7/c1-3(10)14-8-7(13)6(12)5(11)4(2-9)15-8/h4-9,11-13H,2H2,1H3/t4-,5-,6+,7+,8-/m1/s1. The van der Waals surface area contributed by atoms with Gasteiger partial charge in [0.1, 0.15) is 24.4 Å². The zero-order valence-electron chi connectivity index (χ0n) is 8.11. The molecule has 7 heteroatoms. The van der Waals surface area contributed by atoms with E-state index in [1.807, 2.05) is 0 Å². The summed E-state index contributed by atoms with van der Waals surface area (Å²) in [5, 5.41) is 36.8. The first-order chi connectivity index (χ1) is 6.97. The van der Waals surface area contributed by atoms with Gasteiger partial charge in [0.15, 0.2) is 0 Å². The van der Waals surface area contributed by atoms with E-state index in [-0.39, 0.29) is 0 Å². The van der Waals surface area contributed by atoms with Crippen molar-refractivity contribution in [3.8, 4) is 0 Å². The van der Waals surface area contributed by atoms with Crippen molar-refractivity contribution < 1.29 is 34.7 Å². The summed E-state index contributed by atoms with van der Waals surface area (Å²) in [7, 11) is 0. The van der Waals surface area contributed by atoms with Crippen molar-refractivity contribution in [1.82, 2.24) is 0 Å². The Morgan fingerprint density at radius 2 is 1.87 bits per heavy atom. The van der Waals surface area contributed by atoms with Gasteiger partial charge in [-0.25, -0.2) is 0 Å². The van der Waals surface area contributed by atoms with E-state index < -0.39 is 43.3 Å². The van der Waals surface area contributed by atoms with Crippen molar-refractivity contribution >= 4 is 5.97 Å². The third kappa shape index (κ3) is 2.64. The zero-order chi connectivity index (χ0) is 11.6. The molecule has 0 aliphatic carbocycles. The lowest BCUT2D eigenvalue weighted by Gasteiger charge is -2.38. The van der Waals surface area contributed by atoms with Gasteiger partial charge in [-0.1, -0.05) is 0 Å². The molecule has 1 aliphatic heterocycles. The number of carbonyl (C=O) groups is 1. The van der Waals surface area contributed by atoms with Crippen molar-refractivity contribution in [2.24, 2.45) is 0 Å². The highest BCUT2D eigenvalue weighted by atomic mass is 16.7. The fourth-order valence-corrected chi connectivity index (χ4v) is 1.33. The van der Waals surface area contributed by atoms with Gasteiger partial charge in [-0.15, -0.1) is 0 Å². The van der Waals surface area contributed by atoms with Gasteiger partial charge in [0.25, 0.3) is 0 Å². The predicted octanol–water partition coefficient (Wildman–Crippen LogP) is -2.65. The van der Waals surface area contributed by atoms with E-state index in [4.69, 9.17) is 9.84 Å². The number of carbonyl (C=O) groups excluding carboxylic acids is 1. The molecule has 0 saturated carbocycles. The van der Waals surface area contributed by atoms with Crippen LogP contribution in [0.5, 0.6) is 0 Å². The van der Waals surface area contributed by atoms with Gasteiger partial charge in [0.05, 0.1) is 6.61 Å².